The van der Waals surface area contributed by atoms with Gasteiger partial charge in [0.15, 0.2) is 11.4 Å². The number of aromatic nitrogens is 3. The van der Waals surface area contributed by atoms with Crippen molar-refractivity contribution in [1.29, 1.82) is 0 Å². The van der Waals surface area contributed by atoms with Crippen LogP contribution in [0, 0.1) is 0 Å². The fourth-order valence-corrected chi connectivity index (χ4v) is 9.79. The summed E-state index contributed by atoms with van der Waals surface area (Å²) < 4.78 is 8.89. The van der Waals surface area contributed by atoms with E-state index in [2.05, 4.69) is 152 Å². The van der Waals surface area contributed by atoms with E-state index in [-0.39, 0.29) is 0 Å². The zero-order chi connectivity index (χ0) is 38.2. The zero-order valence-corrected chi connectivity index (χ0v) is 31.9. The van der Waals surface area contributed by atoms with Crippen molar-refractivity contribution in [3.8, 4) is 56.3 Å². The van der Waals surface area contributed by atoms with E-state index >= 15 is 0 Å². The van der Waals surface area contributed by atoms with E-state index in [0.29, 0.717) is 5.82 Å². The molecule has 0 aliphatic carbocycles. The molecule has 0 saturated heterocycles. The molecule has 4 aromatic heterocycles. The first-order valence-corrected chi connectivity index (χ1v) is 20.2. The van der Waals surface area contributed by atoms with Crippen LogP contribution in [0.3, 0.4) is 0 Å². The second-order valence-corrected chi connectivity index (χ2v) is 15.7. The van der Waals surface area contributed by atoms with E-state index in [4.69, 9.17) is 19.4 Å². The Morgan fingerprint density at radius 2 is 1.00 bits per heavy atom. The van der Waals surface area contributed by atoms with Gasteiger partial charge < -0.3 is 4.42 Å². The van der Waals surface area contributed by atoms with E-state index in [1.807, 2.05) is 47.7 Å². The van der Waals surface area contributed by atoms with Gasteiger partial charge in [0.05, 0.1) is 17.1 Å². The molecule has 270 valence electrons. The molecule has 4 heterocycles. The summed E-state index contributed by atoms with van der Waals surface area (Å²) in [5.74, 6) is 0.708. The molecule has 0 bridgehead atoms. The van der Waals surface area contributed by atoms with Crippen LogP contribution in [-0.4, -0.2) is 15.0 Å². The lowest BCUT2D eigenvalue weighted by Gasteiger charge is -2.14. The van der Waals surface area contributed by atoms with Crippen LogP contribution < -0.4 is 0 Å². The summed E-state index contributed by atoms with van der Waals surface area (Å²) in [6.07, 6.45) is 0. The highest BCUT2D eigenvalue weighted by molar-refractivity contribution is 7.26. The van der Waals surface area contributed by atoms with E-state index in [9.17, 15) is 0 Å². The van der Waals surface area contributed by atoms with Crippen molar-refractivity contribution < 1.29 is 4.42 Å². The number of hydrogen-bond acceptors (Lipinski definition) is 5. The Kier molecular flexibility index (Phi) is 7.37. The monoisotopic (exact) mass is 757 g/mol. The summed E-state index contributed by atoms with van der Waals surface area (Å²) in [5, 5.41) is 8.00. The van der Waals surface area contributed by atoms with Crippen LogP contribution in [0.4, 0.5) is 0 Å². The smallest absolute Gasteiger partial charge is 0.161 e. The van der Waals surface area contributed by atoms with Gasteiger partial charge in [0.25, 0.3) is 0 Å². The van der Waals surface area contributed by atoms with E-state index < -0.39 is 0 Å². The maximum absolute atomic E-state index is 6.38. The minimum atomic E-state index is 0.708. The van der Waals surface area contributed by atoms with E-state index in [1.165, 1.54) is 25.6 Å². The van der Waals surface area contributed by atoms with E-state index in [1.54, 1.807) is 0 Å². The van der Waals surface area contributed by atoms with Gasteiger partial charge in [-0.15, -0.1) is 11.3 Å². The molecule has 0 amide bonds. The van der Waals surface area contributed by atoms with Crippen LogP contribution in [-0.2, 0) is 0 Å². The van der Waals surface area contributed by atoms with Crippen molar-refractivity contribution in [2.75, 3.05) is 0 Å². The second kappa shape index (κ2) is 13.1. The third kappa shape index (κ3) is 5.18. The second-order valence-electron chi connectivity index (χ2n) is 14.7. The Hall–Kier alpha value is -7.47. The lowest BCUT2D eigenvalue weighted by atomic mass is 9.91. The molecule has 0 radical (unpaired) electrons. The van der Waals surface area contributed by atoms with Gasteiger partial charge in [-0.05, 0) is 46.2 Å². The lowest BCUT2D eigenvalue weighted by Crippen LogP contribution is -1.96. The normalized spacial score (nSPS) is 11.8. The molecule has 8 aromatic carbocycles. The SMILES string of the molecule is c1ccc(-c2nc(-c3ccc(-c4ccc(-c5nc6c7ccccc7oc6c6ccccc56)c5ccccc45)cc3)cc(-c3cccc4c3sc3ccccc34)n2)cc1. The molecule has 0 atom stereocenters. The number of benzene rings is 8. The number of thiophene rings is 1. The Labute approximate surface area is 337 Å². The minimum Gasteiger partial charge on any atom is -0.454 e. The van der Waals surface area contributed by atoms with Crippen molar-refractivity contribution in [2.24, 2.45) is 0 Å². The van der Waals surface area contributed by atoms with Gasteiger partial charge in [0.1, 0.15) is 11.1 Å². The first kappa shape index (κ1) is 32.7. The van der Waals surface area contributed by atoms with Gasteiger partial charge in [0, 0.05) is 58.6 Å². The molecule has 0 unspecified atom stereocenters. The number of pyridine rings is 1. The minimum absolute atomic E-state index is 0.708. The van der Waals surface area contributed by atoms with Gasteiger partial charge in [-0.1, -0.05) is 164 Å². The quantitative estimate of drug-likeness (QED) is 0.175. The van der Waals surface area contributed by atoms with Gasteiger partial charge in [-0.3, -0.25) is 0 Å². The van der Waals surface area contributed by atoms with Crippen LogP contribution in [0.1, 0.15) is 0 Å². The van der Waals surface area contributed by atoms with Crippen molar-refractivity contribution in [1.82, 2.24) is 15.0 Å². The first-order valence-electron chi connectivity index (χ1n) is 19.4. The largest absolute Gasteiger partial charge is 0.454 e. The van der Waals surface area contributed by atoms with Crippen molar-refractivity contribution in [3.05, 3.63) is 188 Å². The standard InChI is InChI=1S/C53H31N3OS/c1-2-13-34(14-3-1)53-54-45(31-46(55-53)43-22-12-21-42-38-17-9-11-24-48(38)58-52(42)43)33-27-25-32(26-28-33)35-29-30-40(37-16-5-4-15-36(35)37)49-39-18-6-7-19-41(39)51-50(56-49)44-20-8-10-23-47(44)57-51/h1-31H. The fraction of sp³-hybridized carbons (Fsp3) is 0. The number of para-hydroxylation sites is 1. The number of fused-ring (bicyclic) bond motifs is 9. The van der Waals surface area contributed by atoms with E-state index in [0.717, 1.165) is 88.7 Å². The van der Waals surface area contributed by atoms with Crippen molar-refractivity contribution in [2.45, 2.75) is 0 Å². The molecule has 0 aliphatic heterocycles. The number of hydrogen-bond donors (Lipinski definition) is 0. The molecule has 5 heteroatoms. The summed E-state index contributed by atoms with van der Waals surface area (Å²) in [6, 6.07) is 66.1. The number of furan rings is 1. The predicted octanol–water partition coefficient (Wildman–Crippen LogP) is 14.8. The molecule has 0 N–H and O–H groups in total. The summed E-state index contributed by atoms with van der Waals surface area (Å²) in [4.78, 5) is 15.7. The Morgan fingerprint density at radius 3 is 1.83 bits per heavy atom. The average Bonchev–Trinajstić information content (AvgIpc) is 3.87. The molecule has 12 aromatic rings. The molecule has 0 saturated carbocycles. The highest BCUT2D eigenvalue weighted by atomic mass is 32.1. The van der Waals surface area contributed by atoms with Crippen LogP contribution in [0.15, 0.2) is 192 Å². The maximum Gasteiger partial charge on any atom is 0.161 e. The van der Waals surface area contributed by atoms with Gasteiger partial charge in [0.2, 0.25) is 0 Å². The molecule has 0 spiro atoms. The summed E-state index contributed by atoms with van der Waals surface area (Å²) >= 11 is 1.82. The molecular weight excluding hydrogens is 727 g/mol. The predicted molar refractivity (Wildman–Crippen MR) is 242 cm³/mol. The topological polar surface area (TPSA) is 51.8 Å². The molecule has 0 fully saturated rings. The molecule has 58 heavy (non-hydrogen) atoms. The number of nitrogens with zero attached hydrogens (tertiary/aromatic N) is 3. The zero-order valence-electron chi connectivity index (χ0n) is 31.1. The third-order valence-corrected chi connectivity index (χ3v) is 12.5. The first-order chi connectivity index (χ1) is 28.7. The fourth-order valence-electron chi connectivity index (χ4n) is 8.57. The Balaban J connectivity index is 0.983. The van der Waals surface area contributed by atoms with Crippen LogP contribution in [0.25, 0.3) is 120 Å². The lowest BCUT2D eigenvalue weighted by molar-refractivity contribution is 0.672. The van der Waals surface area contributed by atoms with Crippen molar-refractivity contribution in [3.63, 3.8) is 0 Å². The average molecular weight is 758 g/mol. The third-order valence-electron chi connectivity index (χ3n) is 11.3. The summed E-state index contributed by atoms with van der Waals surface area (Å²) in [5.41, 5.74) is 11.8. The molecule has 0 aliphatic rings. The Bertz CT molecular complexity index is 3570. The van der Waals surface area contributed by atoms with Gasteiger partial charge in [-0.25, -0.2) is 15.0 Å². The van der Waals surface area contributed by atoms with Crippen LogP contribution in [0.5, 0.6) is 0 Å². The summed E-state index contributed by atoms with van der Waals surface area (Å²) in [6.45, 7) is 0. The highest BCUT2D eigenvalue weighted by Gasteiger charge is 2.19. The molecule has 12 rings (SSSR count). The Morgan fingerprint density at radius 1 is 0.379 bits per heavy atom. The van der Waals surface area contributed by atoms with Crippen LogP contribution >= 0.6 is 11.3 Å². The van der Waals surface area contributed by atoms with Gasteiger partial charge >= 0.3 is 0 Å². The molecule has 4 nitrogen and oxygen atoms in total. The van der Waals surface area contributed by atoms with Crippen molar-refractivity contribution >= 4 is 75.1 Å². The molecular formula is C53H31N3OS. The van der Waals surface area contributed by atoms with Gasteiger partial charge in [-0.2, -0.15) is 0 Å². The maximum atomic E-state index is 6.38. The summed E-state index contributed by atoms with van der Waals surface area (Å²) in [7, 11) is 0. The number of rotatable bonds is 5. The highest BCUT2D eigenvalue weighted by Crippen LogP contribution is 2.43. The van der Waals surface area contributed by atoms with Crippen LogP contribution in [0.2, 0.25) is 0 Å².